The molecule has 0 amide bonds. The van der Waals surface area contributed by atoms with E-state index in [0.717, 1.165) is 48.4 Å². The molecule has 24 heteroatoms. The van der Waals surface area contributed by atoms with Crippen molar-refractivity contribution < 1.29 is 32.9 Å². The predicted molar refractivity (Wildman–Crippen MR) is 356 cm³/mol. The van der Waals surface area contributed by atoms with Crippen molar-refractivity contribution in [3.63, 3.8) is 0 Å². The summed E-state index contributed by atoms with van der Waals surface area (Å²) in [5, 5.41) is 0. The molecule has 0 unspecified atom stereocenters. The Labute approximate surface area is 464 Å². The first-order chi connectivity index (χ1) is 34.6. The highest BCUT2D eigenvalue weighted by atomic mass is 31.1. The van der Waals surface area contributed by atoms with E-state index in [1.165, 1.54) is 148 Å². The SMILES string of the molecule is CCP(CC)CC[Si]12O[Si]3(CCP(CC)CC)O[Si]4(CCP(CC)CC)O[Si](CCP(CC)CC)(O1)[Si]1(CCP(CC)CC)O[Si]2(CCP(CC)CC)O[Si]3(CCP(CC)CC)O[Si]4(CCP(CC)CC)O1. The van der Waals surface area contributed by atoms with Crippen LogP contribution in [0.3, 0.4) is 0 Å². The molecular formula is C48H112O8P8Si8. The standard InChI is InChI=1S/C48H112O8P8Si8/c1-17-57(18-2)33-41-65-49-67(43-35-59(21-5)22-6)53-71(47-39-63(29-13)30-14)54-68(50-65,44-36-60(23-7)24-8)70(46-38-62(27-11)28-12)52-66(65,42-34-58(19-3)20-4)51-69(67,45-37-61(25-9)26-10)55-72(71,56-70)48-40-64(31-15)32-16/h17-48H2,1-16H3. The summed E-state index contributed by atoms with van der Waals surface area (Å²) < 4.78 is 73.1. The third kappa shape index (κ3) is 14.3. The summed E-state index contributed by atoms with van der Waals surface area (Å²) in [6.45, 7) is 39.3. The van der Waals surface area contributed by atoms with Crippen molar-refractivity contribution in [1.29, 1.82) is 0 Å². The summed E-state index contributed by atoms with van der Waals surface area (Å²) in [5.41, 5.74) is 0. The topological polar surface area (TPSA) is 73.8 Å². The summed E-state index contributed by atoms with van der Waals surface area (Å²) in [7, 11) is -28.0. The van der Waals surface area contributed by atoms with Gasteiger partial charge in [-0.3, -0.25) is 0 Å². The van der Waals surface area contributed by atoms with Gasteiger partial charge in [-0.1, -0.05) is 111 Å². The van der Waals surface area contributed by atoms with Gasteiger partial charge in [0.1, 0.15) is 0 Å². The Kier molecular flexibility index (Phi) is 29.2. The number of hydrogen-bond donors (Lipinski definition) is 0. The molecule has 72 heavy (non-hydrogen) atoms. The van der Waals surface area contributed by atoms with Crippen molar-refractivity contribution in [2.75, 3.05) is 148 Å². The van der Waals surface area contributed by atoms with Crippen LogP contribution >= 0.6 is 63.4 Å². The van der Waals surface area contributed by atoms with E-state index in [4.69, 9.17) is 32.9 Å². The molecular weight excluding hydrogens is 1180 g/mol. The highest BCUT2D eigenvalue weighted by molar-refractivity contribution is 7.65. The molecule has 0 N–H and O–H groups in total. The largest absolute Gasteiger partial charge is 0.414 e. The summed E-state index contributed by atoms with van der Waals surface area (Å²) >= 11 is 0. The van der Waals surface area contributed by atoms with Crippen LogP contribution in [0.25, 0.3) is 0 Å². The first kappa shape index (κ1) is 67.6. The van der Waals surface area contributed by atoms with Gasteiger partial charge in [0.15, 0.2) is 0 Å². The average Bonchev–Trinajstić information content (AvgIpc) is 3.38. The van der Waals surface area contributed by atoms with Crippen molar-refractivity contribution >= 4 is 128 Å². The fourth-order valence-corrected chi connectivity index (χ4v) is 152. The molecule has 0 aromatic rings. The van der Waals surface area contributed by atoms with Gasteiger partial charge in [0.05, 0.1) is 0 Å². The van der Waals surface area contributed by atoms with E-state index in [-0.39, 0.29) is 63.4 Å². The number of hydrogen-bond acceptors (Lipinski definition) is 8. The van der Waals surface area contributed by atoms with Crippen molar-refractivity contribution in [3.05, 3.63) is 0 Å². The zero-order valence-electron chi connectivity index (χ0n) is 49.5. The maximum atomic E-state index is 9.13. The first-order valence-corrected chi connectivity index (χ1v) is 65.4. The lowest BCUT2D eigenvalue weighted by Gasteiger charge is -2.77. The minimum Gasteiger partial charge on any atom is -0.414 e. The molecule has 4 aliphatic rings. The highest BCUT2D eigenvalue weighted by Gasteiger charge is 2.97. The number of fused-ring (bicyclic) bond motifs is 4. The smallest absolute Gasteiger partial charge is 0.365 e. The van der Waals surface area contributed by atoms with E-state index in [1.807, 2.05) is 0 Å². The normalized spacial score (nSPS) is 33.0. The second kappa shape index (κ2) is 31.1. The quantitative estimate of drug-likeness (QED) is 0.0444. The summed E-state index contributed by atoms with van der Waals surface area (Å²) in [5.74, 6) is 0. The Morgan fingerprint density at radius 2 is 0.250 bits per heavy atom. The Hall–Kier alpha value is 4.86. The summed E-state index contributed by atoms with van der Waals surface area (Å²) in [4.78, 5) is 0. The van der Waals surface area contributed by atoms with Crippen LogP contribution in [0.5, 0.6) is 0 Å². The fraction of sp³-hybridized carbons (Fsp3) is 1.00. The van der Waals surface area contributed by atoms with Crippen LogP contribution in [-0.2, 0) is 32.9 Å². The van der Waals surface area contributed by atoms with Gasteiger partial charge in [-0.2, -0.15) is 0 Å². The van der Waals surface area contributed by atoms with Crippen LogP contribution in [0.1, 0.15) is 111 Å². The van der Waals surface area contributed by atoms with Crippen molar-refractivity contribution in [1.82, 2.24) is 0 Å². The van der Waals surface area contributed by atoms with E-state index >= 15 is 0 Å². The van der Waals surface area contributed by atoms with Crippen LogP contribution in [0.15, 0.2) is 0 Å². The predicted octanol–water partition coefficient (Wildman–Crippen LogP) is 16.2. The molecule has 0 aromatic heterocycles. The van der Waals surface area contributed by atoms with Gasteiger partial charge in [-0.15, -0.1) is 63.4 Å². The first-order valence-electron chi connectivity index (χ1n) is 30.0. The van der Waals surface area contributed by atoms with E-state index in [9.17, 15) is 0 Å². The van der Waals surface area contributed by atoms with E-state index in [0.29, 0.717) is 0 Å². The van der Waals surface area contributed by atoms with Crippen LogP contribution in [0, 0.1) is 0 Å². The van der Waals surface area contributed by atoms with Crippen LogP contribution in [0.2, 0.25) is 48.4 Å². The maximum Gasteiger partial charge on any atom is 0.365 e. The van der Waals surface area contributed by atoms with Crippen LogP contribution < -0.4 is 0 Å². The van der Waals surface area contributed by atoms with Gasteiger partial charge < -0.3 is 32.9 Å². The van der Waals surface area contributed by atoms with Crippen LogP contribution in [-0.4, -0.2) is 213 Å². The minimum absolute atomic E-state index is 0.156. The second-order valence-corrected chi connectivity index (χ2v) is 86.3. The molecule has 0 bridgehead atoms. The maximum absolute atomic E-state index is 9.13. The fourth-order valence-electron chi connectivity index (χ4n) is 12.6. The molecule has 0 radical (unpaired) electrons. The van der Waals surface area contributed by atoms with Crippen LogP contribution in [0.4, 0.5) is 0 Å². The molecule has 4 aliphatic heterocycles. The Morgan fingerprint density at radius 3 is 0.319 bits per heavy atom. The van der Waals surface area contributed by atoms with E-state index in [1.54, 1.807) is 0 Å². The monoisotopic (exact) mass is 1290 g/mol. The molecule has 4 fully saturated rings. The van der Waals surface area contributed by atoms with Gasteiger partial charge in [-0.05, 0) is 196 Å². The molecule has 4 heterocycles. The van der Waals surface area contributed by atoms with Crippen molar-refractivity contribution in [2.45, 2.75) is 159 Å². The molecule has 0 aliphatic carbocycles. The Morgan fingerprint density at radius 1 is 0.167 bits per heavy atom. The lowest BCUT2D eigenvalue weighted by molar-refractivity contribution is 0.126. The van der Waals surface area contributed by atoms with Crippen molar-refractivity contribution in [2.24, 2.45) is 0 Å². The summed E-state index contributed by atoms with van der Waals surface area (Å²) in [6.07, 6.45) is 29.7. The second-order valence-electron chi connectivity index (χ2n) is 21.1. The van der Waals surface area contributed by atoms with E-state index in [2.05, 4.69) is 111 Å². The van der Waals surface area contributed by atoms with Gasteiger partial charge in [0, 0.05) is 0 Å². The summed E-state index contributed by atoms with van der Waals surface area (Å²) in [6, 6.07) is 8.11. The van der Waals surface area contributed by atoms with Gasteiger partial charge in [0.2, 0.25) is 0 Å². The highest BCUT2D eigenvalue weighted by Crippen LogP contribution is 2.68. The molecule has 424 valence electrons. The zero-order valence-corrected chi connectivity index (χ0v) is 64.6. The zero-order chi connectivity index (χ0) is 52.9. The Bertz CT molecular complexity index is 1230. The molecule has 0 spiro atoms. The van der Waals surface area contributed by atoms with E-state index < -0.39 is 64.6 Å². The van der Waals surface area contributed by atoms with Gasteiger partial charge >= 0.3 is 64.6 Å². The third-order valence-corrected chi connectivity index (χ3v) is 110. The molecule has 0 aromatic carbocycles. The molecule has 4 rings (SSSR count). The Balaban J connectivity index is 2.00. The lowest BCUT2D eigenvalue weighted by atomic mass is 10.9. The van der Waals surface area contributed by atoms with Gasteiger partial charge in [-0.25, -0.2) is 0 Å². The molecule has 8 nitrogen and oxygen atoms in total. The molecule has 0 atom stereocenters. The third-order valence-electron chi connectivity index (χ3n) is 18.2. The molecule has 0 saturated carbocycles. The van der Waals surface area contributed by atoms with Gasteiger partial charge in [0.25, 0.3) is 0 Å². The average molecular weight is 1290 g/mol. The molecule has 4 saturated heterocycles. The lowest BCUT2D eigenvalue weighted by Crippen LogP contribution is -3.06. The number of rotatable bonds is 40. The minimum atomic E-state index is -3.35. The van der Waals surface area contributed by atoms with Crippen molar-refractivity contribution in [3.8, 4) is 0 Å².